The molecule has 0 saturated carbocycles. The molecule has 5 nitrogen and oxygen atoms in total. The van der Waals surface area contributed by atoms with Crippen LogP contribution in [0.25, 0.3) is 66.0 Å². The highest BCUT2D eigenvalue weighted by molar-refractivity contribution is 6.07. The van der Waals surface area contributed by atoms with Crippen LogP contribution in [0.2, 0.25) is 0 Å². The molecule has 2 aromatic heterocycles. The first-order valence-corrected chi connectivity index (χ1v) is 18.8. The second-order valence-electron chi connectivity index (χ2n) is 14.0. The topological polar surface area (TPSA) is 45.7 Å². The Balaban J connectivity index is 1.19. The van der Waals surface area contributed by atoms with Gasteiger partial charge in [-0.05, 0) is 106 Å². The van der Waals surface area contributed by atoms with E-state index in [-0.39, 0.29) is 0 Å². The minimum absolute atomic E-state index is 0.563. The predicted molar refractivity (Wildman–Crippen MR) is 231 cm³/mol. The maximum atomic E-state index is 6.90. The number of hydrogen-bond acceptors (Lipinski definition) is 5. The fourth-order valence-corrected chi connectivity index (χ4v) is 7.94. The number of oxazole rings is 1. The van der Waals surface area contributed by atoms with Crippen LogP contribution in [0.15, 0.2) is 209 Å². The lowest BCUT2D eigenvalue weighted by atomic mass is 10.1. The smallest absolute Gasteiger partial charge is 0.227 e. The zero-order valence-electron chi connectivity index (χ0n) is 30.2. The Morgan fingerprint density at radius 3 is 1.71 bits per heavy atom. The van der Waals surface area contributed by atoms with Crippen molar-refractivity contribution in [2.75, 3.05) is 9.80 Å². The first-order chi connectivity index (χ1) is 27.7. The lowest BCUT2D eigenvalue weighted by Gasteiger charge is -2.29. The van der Waals surface area contributed by atoms with E-state index in [1.54, 1.807) is 0 Å². The molecule has 0 bridgehead atoms. The van der Waals surface area contributed by atoms with Gasteiger partial charge >= 0.3 is 0 Å². The van der Waals surface area contributed by atoms with Gasteiger partial charge in [-0.2, -0.15) is 0 Å². The molecule has 0 radical (unpaired) electrons. The van der Waals surface area contributed by atoms with Crippen LogP contribution in [0.3, 0.4) is 0 Å². The summed E-state index contributed by atoms with van der Waals surface area (Å²) in [5.41, 5.74) is 9.90. The molecule has 0 fully saturated rings. The molecule has 0 spiro atoms. The summed E-state index contributed by atoms with van der Waals surface area (Å²) in [7, 11) is 0. The van der Waals surface area contributed by atoms with Crippen molar-refractivity contribution in [1.82, 2.24) is 4.98 Å². The van der Waals surface area contributed by atoms with Crippen molar-refractivity contribution in [1.29, 1.82) is 0 Å². The number of benzene rings is 9. The van der Waals surface area contributed by atoms with E-state index >= 15 is 0 Å². The van der Waals surface area contributed by atoms with Crippen molar-refractivity contribution >= 4 is 88.7 Å². The average molecular weight is 720 g/mol. The number of para-hydroxylation sites is 3. The fourth-order valence-electron chi connectivity index (χ4n) is 7.94. The fraction of sp³-hybridized carbons (Fsp3) is 0. The van der Waals surface area contributed by atoms with E-state index in [0.717, 1.165) is 77.9 Å². The summed E-state index contributed by atoms with van der Waals surface area (Å²) in [4.78, 5) is 9.82. The van der Waals surface area contributed by atoms with E-state index in [9.17, 15) is 0 Å². The minimum Gasteiger partial charge on any atom is -0.456 e. The number of aromatic nitrogens is 1. The van der Waals surface area contributed by atoms with Gasteiger partial charge in [-0.25, -0.2) is 4.98 Å². The van der Waals surface area contributed by atoms with Gasteiger partial charge in [0.2, 0.25) is 5.89 Å². The summed E-state index contributed by atoms with van der Waals surface area (Å²) in [6.07, 6.45) is 0. The largest absolute Gasteiger partial charge is 0.456 e. The number of furan rings is 1. The quantitative estimate of drug-likeness (QED) is 0.164. The molecule has 0 unspecified atom stereocenters. The van der Waals surface area contributed by atoms with Crippen molar-refractivity contribution in [2.45, 2.75) is 0 Å². The molecule has 0 N–H and O–H groups in total. The summed E-state index contributed by atoms with van der Waals surface area (Å²) in [5, 5.41) is 6.77. The Labute approximate surface area is 322 Å². The van der Waals surface area contributed by atoms with Gasteiger partial charge in [-0.15, -0.1) is 0 Å². The SMILES string of the molecule is c1ccc(N(c2cc(N(c3ccccc3)c3ccc4ccccc4c3)c3oc(-c4ccc5ccccc5c4)nc3c2)c2ccc3oc4ccccc4c3c2)cc1. The molecule has 2 heterocycles. The van der Waals surface area contributed by atoms with Crippen molar-refractivity contribution in [3.63, 3.8) is 0 Å². The van der Waals surface area contributed by atoms with Crippen LogP contribution in [-0.2, 0) is 0 Å². The third-order valence-corrected chi connectivity index (χ3v) is 10.6. The number of hydrogen-bond donors (Lipinski definition) is 0. The molecule has 9 aromatic carbocycles. The Bertz CT molecular complexity index is 3220. The standard InChI is InChI=1S/C51H33N3O2/c1-3-17-39(18-4-1)53(42-27-28-49-45(31-42)44-21-11-12-22-48(44)55-49)43-32-46-50(56-51(52-46)38-24-23-34-13-7-9-15-36(34)29-38)47(33-43)54(40-19-5-2-6-20-40)41-26-25-35-14-8-10-16-37(35)30-41/h1-33H. The van der Waals surface area contributed by atoms with Gasteiger partial charge in [0.15, 0.2) is 5.58 Å². The number of nitrogens with zero attached hydrogens (tertiary/aromatic N) is 3. The van der Waals surface area contributed by atoms with Crippen molar-refractivity contribution in [2.24, 2.45) is 0 Å². The van der Waals surface area contributed by atoms with E-state index in [1.165, 1.54) is 10.8 Å². The second-order valence-corrected chi connectivity index (χ2v) is 14.0. The third-order valence-electron chi connectivity index (χ3n) is 10.6. The van der Waals surface area contributed by atoms with E-state index in [0.29, 0.717) is 11.5 Å². The predicted octanol–water partition coefficient (Wildman–Crippen LogP) is 14.6. The molecule has 11 rings (SSSR count). The Morgan fingerprint density at radius 2 is 0.946 bits per heavy atom. The lowest BCUT2D eigenvalue weighted by Crippen LogP contribution is -2.13. The molecular formula is C51H33N3O2. The maximum Gasteiger partial charge on any atom is 0.227 e. The minimum atomic E-state index is 0.563. The monoisotopic (exact) mass is 719 g/mol. The van der Waals surface area contributed by atoms with Gasteiger partial charge in [0.1, 0.15) is 16.7 Å². The van der Waals surface area contributed by atoms with E-state index in [2.05, 4.69) is 186 Å². The summed E-state index contributed by atoms with van der Waals surface area (Å²) in [6, 6.07) is 69.8. The maximum absolute atomic E-state index is 6.90. The average Bonchev–Trinajstić information content (AvgIpc) is 3.86. The van der Waals surface area contributed by atoms with Crippen LogP contribution >= 0.6 is 0 Å². The molecular weight excluding hydrogens is 687 g/mol. The third kappa shape index (κ3) is 5.45. The van der Waals surface area contributed by atoms with Gasteiger partial charge in [-0.3, -0.25) is 0 Å². The van der Waals surface area contributed by atoms with Crippen molar-refractivity contribution < 1.29 is 8.83 Å². The van der Waals surface area contributed by atoms with Gasteiger partial charge in [0.25, 0.3) is 0 Å². The molecule has 264 valence electrons. The zero-order chi connectivity index (χ0) is 37.0. The van der Waals surface area contributed by atoms with E-state index < -0.39 is 0 Å². The first-order valence-electron chi connectivity index (χ1n) is 18.8. The van der Waals surface area contributed by atoms with Crippen LogP contribution in [0.1, 0.15) is 0 Å². The molecule has 0 atom stereocenters. The lowest BCUT2D eigenvalue weighted by molar-refractivity contribution is 0.620. The Kier molecular flexibility index (Phi) is 7.42. The second kappa shape index (κ2) is 13.0. The van der Waals surface area contributed by atoms with Crippen molar-refractivity contribution in [3.8, 4) is 11.5 Å². The molecule has 5 heteroatoms. The molecule has 0 aliphatic carbocycles. The number of fused-ring (bicyclic) bond motifs is 6. The Hall–Kier alpha value is -7.63. The summed E-state index contributed by atoms with van der Waals surface area (Å²) >= 11 is 0. The van der Waals surface area contributed by atoms with Gasteiger partial charge in [0, 0.05) is 39.1 Å². The van der Waals surface area contributed by atoms with Crippen LogP contribution in [0.5, 0.6) is 0 Å². The summed E-state index contributed by atoms with van der Waals surface area (Å²) < 4.78 is 13.2. The highest BCUT2D eigenvalue weighted by atomic mass is 16.3. The highest BCUT2D eigenvalue weighted by Crippen LogP contribution is 2.46. The van der Waals surface area contributed by atoms with E-state index in [4.69, 9.17) is 13.8 Å². The molecule has 0 aliphatic heterocycles. The van der Waals surface area contributed by atoms with Crippen molar-refractivity contribution in [3.05, 3.63) is 200 Å². The first kappa shape index (κ1) is 31.9. The van der Waals surface area contributed by atoms with E-state index in [1.807, 2.05) is 24.3 Å². The normalized spacial score (nSPS) is 11.6. The Morgan fingerprint density at radius 1 is 0.357 bits per heavy atom. The molecule has 0 aliphatic rings. The summed E-state index contributed by atoms with van der Waals surface area (Å²) in [5.74, 6) is 0.563. The molecule has 56 heavy (non-hydrogen) atoms. The molecule has 11 aromatic rings. The van der Waals surface area contributed by atoms with Crippen LogP contribution in [0.4, 0.5) is 34.1 Å². The number of anilines is 6. The summed E-state index contributed by atoms with van der Waals surface area (Å²) in [6.45, 7) is 0. The van der Waals surface area contributed by atoms with Gasteiger partial charge in [0.05, 0.1) is 11.4 Å². The van der Waals surface area contributed by atoms with Crippen LogP contribution < -0.4 is 9.80 Å². The van der Waals surface area contributed by atoms with Crippen LogP contribution in [0, 0.1) is 0 Å². The number of rotatable bonds is 7. The molecule has 0 amide bonds. The van der Waals surface area contributed by atoms with Gasteiger partial charge in [-0.1, -0.05) is 115 Å². The molecule has 0 saturated heterocycles. The van der Waals surface area contributed by atoms with Gasteiger partial charge < -0.3 is 18.6 Å². The zero-order valence-corrected chi connectivity index (χ0v) is 30.2. The highest BCUT2D eigenvalue weighted by Gasteiger charge is 2.25. The van der Waals surface area contributed by atoms with Crippen LogP contribution in [-0.4, -0.2) is 4.98 Å².